The van der Waals surface area contributed by atoms with Gasteiger partial charge in [-0.3, -0.25) is 9.59 Å². The van der Waals surface area contributed by atoms with Gasteiger partial charge in [-0.2, -0.15) is 0 Å². The van der Waals surface area contributed by atoms with Crippen LogP contribution in [0.5, 0.6) is 5.75 Å². The number of aryl methyl sites for hydroxylation is 1. The molecule has 0 spiro atoms. The highest BCUT2D eigenvalue weighted by Crippen LogP contribution is 2.28. The minimum absolute atomic E-state index is 0.00503. The molecule has 5 nitrogen and oxygen atoms in total. The van der Waals surface area contributed by atoms with Crippen molar-refractivity contribution in [1.29, 1.82) is 0 Å². The van der Waals surface area contributed by atoms with Crippen LogP contribution in [0.2, 0.25) is 0 Å². The summed E-state index contributed by atoms with van der Waals surface area (Å²) in [4.78, 5) is 24.8. The summed E-state index contributed by atoms with van der Waals surface area (Å²) >= 11 is 0. The number of Topliss-reactive ketones (excluding diaryl/α,β-unsaturated/α-hetero) is 2. The molecule has 0 atom stereocenters. The Labute approximate surface area is 154 Å². The lowest BCUT2D eigenvalue weighted by atomic mass is 9.89. The molecular weight excluding hydrogens is 332 g/mol. The van der Waals surface area contributed by atoms with Gasteiger partial charge in [-0.05, 0) is 50.3 Å². The second kappa shape index (κ2) is 9.22. The first kappa shape index (κ1) is 19.8. The molecule has 26 heavy (non-hydrogen) atoms. The van der Waals surface area contributed by atoms with Crippen LogP contribution in [0.3, 0.4) is 0 Å². The van der Waals surface area contributed by atoms with E-state index in [4.69, 9.17) is 9.47 Å². The van der Waals surface area contributed by atoms with Gasteiger partial charge in [-0.1, -0.05) is 25.0 Å². The van der Waals surface area contributed by atoms with E-state index >= 15 is 0 Å². The van der Waals surface area contributed by atoms with Crippen molar-refractivity contribution in [2.75, 3.05) is 14.2 Å². The molecule has 2 rings (SSSR count). The minimum atomic E-state index is -0.272. The number of methoxy groups -OCH3 is 2. The molecule has 1 N–H and O–H groups in total. The number of benzene rings is 1. The number of rotatable bonds is 9. The highest BCUT2D eigenvalue weighted by Gasteiger charge is 2.34. The predicted molar refractivity (Wildman–Crippen MR) is 98.7 cm³/mol. The standard InChI is InChI=1S/C21H26O5/c1-14-17(19(24)21(26-3)20(25-2)18(14)23)9-7-5-4-6-8-15-10-12-16(22)13-11-15/h10-13,22H,4-9H2,1-3H3. The number of unbranched alkanes of at least 4 members (excludes halogenated alkanes) is 3. The highest BCUT2D eigenvalue weighted by atomic mass is 16.5. The Kier molecular flexibility index (Phi) is 7.01. The van der Waals surface area contributed by atoms with Crippen LogP contribution < -0.4 is 0 Å². The molecule has 1 aromatic carbocycles. The Hall–Kier alpha value is -2.56. The molecule has 0 radical (unpaired) electrons. The second-order valence-corrected chi connectivity index (χ2v) is 6.41. The van der Waals surface area contributed by atoms with E-state index in [1.165, 1.54) is 19.8 Å². The van der Waals surface area contributed by atoms with Crippen molar-refractivity contribution >= 4 is 11.6 Å². The fourth-order valence-electron chi connectivity index (χ4n) is 3.14. The van der Waals surface area contributed by atoms with Gasteiger partial charge in [0, 0.05) is 11.1 Å². The molecule has 0 bridgehead atoms. The summed E-state index contributed by atoms with van der Waals surface area (Å²) in [6, 6.07) is 7.26. The number of carbonyl (C=O) groups is 2. The number of ether oxygens (including phenoxy) is 2. The zero-order chi connectivity index (χ0) is 19.1. The number of aromatic hydroxyl groups is 1. The van der Waals surface area contributed by atoms with Crippen LogP contribution >= 0.6 is 0 Å². The Bertz CT molecular complexity index is 725. The maximum Gasteiger partial charge on any atom is 0.228 e. The summed E-state index contributed by atoms with van der Waals surface area (Å²) in [6.07, 6.45) is 5.46. The Morgan fingerprint density at radius 3 is 1.92 bits per heavy atom. The topological polar surface area (TPSA) is 72.8 Å². The van der Waals surface area contributed by atoms with Gasteiger partial charge in [0.25, 0.3) is 0 Å². The Morgan fingerprint density at radius 1 is 0.808 bits per heavy atom. The first-order valence-corrected chi connectivity index (χ1v) is 8.89. The lowest BCUT2D eigenvalue weighted by Gasteiger charge is -2.20. The van der Waals surface area contributed by atoms with E-state index in [0.717, 1.165) is 32.1 Å². The van der Waals surface area contributed by atoms with Gasteiger partial charge in [0.1, 0.15) is 5.75 Å². The van der Waals surface area contributed by atoms with Crippen LogP contribution in [0.15, 0.2) is 46.9 Å². The third-order valence-corrected chi connectivity index (χ3v) is 4.67. The molecule has 0 aromatic heterocycles. The molecule has 1 aliphatic carbocycles. The number of carbonyl (C=O) groups excluding carboxylic acids is 2. The largest absolute Gasteiger partial charge is 0.508 e. The summed E-state index contributed by atoms with van der Waals surface area (Å²) in [5.41, 5.74) is 2.19. The molecule has 0 heterocycles. The van der Waals surface area contributed by atoms with E-state index in [-0.39, 0.29) is 28.8 Å². The van der Waals surface area contributed by atoms with Crippen molar-refractivity contribution in [3.63, 3.8) is 0 Å². The molecule has 0 saturated carbocycles. The third-order valence-electron chi connectivity index (χ3n) is 4.67. The summed E-state index contributed by atoms with van der Waals surface area (Å²) < 4.78 is 10.1. The van der Waals surface area contributed by atoms with Crippen LogP contribution in [0, 0.1) is 0 Å². The second-order valence-electron chi connectivity index (χ2n) is 6.41. The maximum atomic E-state index is 12.5. The van der Waals surface area contributed by atoms with Crippen LogP contribution in [0.25, 0.3) is 0 Å². The van der Waals surface area contributed by atoms with E-state index in [0.29, 0.717) is 17.6 Å². The van der Waals surface area contributed by atoms with Gasteiger partial charge in [0.2, 0.25) is 23.1 Å². The first-order chi connectivity index (χ1) is 12.5. The average molecular weight is 358 g/mol. The fourth-order valence-corrected chi connectivity index (χ4v) is 3.14. The van der Waals surface area contributed by atoms with Gasteiger partial charge in [-0.25, -0.2) is 0 Å². The lowest BCUT2D eigenvalue weighted by Crippen LogP contribution is -2.25. The van der Waals surface area contributed by atoms with Crippen LogP contribution in [0.4, 0.5) is 0 Å². The summed E-state index contributed by atoms with van der Waals surface area (Å²) in [5.74, 6) is -0.236. The number of hydrogen-bond donors (Lipinski definition) is 1. The normalized spacial score (nSPS) is 14.9. The van der Waals surface area contributed by atoms with Gasteiger partial charge in [-0.15, -0.1) is 0 Å². The molecule has 0 saturated heterocycles. The lowest BCUT2D eigenvalue weighted by molar-refractivity contribution is -0.121. The molecule has 0 amide bonds. The van der Waals surface area contributed by atoms with E-state index in [2.05, 4.69) is 0 Å². The average Bonchev–Trinajstić information content (AvgIpc) is 2.64. The molecule has 0 aliphatic heterocycles. The Balaban J connectivity index is 1.81. The smallest absolute Gasteiger partial charge is 0.228 e. The zero-order valence-electron chi connectivity index (χ0n) is 15.6. The summed E-state index contributed by atoms with van der Waals surface area (Å²) in [6.45, 7) is 1.67. The van der Waals surface area contributed by atoms with E-state index in [9.17, 15) is 14.7 Å². The van der Waals surface area contributed by atoms with E-state index < -0.39 is 0 Å². The Morgan fingerprint density at radius 2 is 1.35 bits per heavy atom. The van der Waals surface area contributed by atoms with Gasteiger partial charge >= 0.3 is 0 Å². The van der Waals surface area contributed by atoms with Crippen LogP contribution in [-0.4, -0.2) is 30.9 Å². The number of phenolic OH excluding ortho intramolecular Hbond substituents is 1. The van der Waals surface area contributed by atoms with Crippen LogP contribution in [-0.2, 0) is 25.5 Å². The van der Waals surface area contributed by atoms with Gasteiger partial charge in [0.15, 0.2) is 0 Å². The number of allylic oxidation sites excluding steroid dienone is 2. The molecule has 1 aromatic rings. The van der Waals surface area contributed by atoms with Crippen LogP contribution in [0.1, 0.15) is 44.6 Å². The molecule has 1 aliphatic rings. The first-order valence-electron chi connectivity index (χ1n) is 8.89. The third kappa shape index (κ3) is 4.54. The quantitative estimate of drug-likeness (QED) is 0.536. The summed E-state index contributed by atoms with van der Waals surface area (Å²) in [5, 5.41) is 9.28. The minimum Gasteiger partial charge on any atom is -0.508 e. The molecule has 0 unspecified atom stereocenters. The molecule has 5 heteroatoms. The van der Waals surface area contributed by atoms with Crippen molar-refractivity contribution in [1.82, 2.24) is 0 Å². The van der Waals surface area contributed by atoms with Crippen molar-refractivity contribution in [2.24, 2.45) is 0 Å². The molecular formula is C21H26O5. The van der Waals surface area contributed by atoms with Crippen molar-refractivity contribution in [3.8, 4) is 5.75 Å². The summed E-state index contributed by atoms with van der Waals surface area (Å²) in [7, 11) is 2.74. The zero-order valence-corrected chi connectivity index (χ0v) is 15.6. The predicted octanol–water partition coefficient (Wildman–Crippen LogP) is 3.86. The fraction of sp³-hybridized carbons (Fsp3) is 0.429. The monoisotopic (exact) mass is 358 g/mol. The number of hydrogen-bond acceptors (Lipinski definition) is 5. The number of phenols is 1. The van der Waals surface area contributed by atoms with E-state index in [1.807, 2.05) is 12.1 Å². The van der Waals surface area contributed by atoms with Crippen molar-refractivity contribution in [2.45, 2.75) is 45.4 Å². The van der Waals surface area contributed by atoms with Crippen molar-refractivity contribution < 1.29 is 24.2 Å². The molecule has 0 fully saturated rings. The maximum absolute atomic E-state index is 12.5. The SMILES string of the molecule is COC1=C(OC)C(=O)C(CCCCCCc2ccc(O)cc2)=C(C)C1=O. The molecule has 140 valence electrons. The van der Waals surface area contributed by atoms with E-state index in [1.54, 1.807) is 19.1 Å². The van der Waals surface area contributed by atoms with Gasteiger partial charge in [0.05, 0.1) is 14.2 Å². The number of ketones is 2. The highest BCUT2D eigenvalue weighted by molar-refractivity contribution is 6.23. The van der Waals surface area contributed by atoms with Crippen molar-refractivity contribution in [3.05, 3.63) is 52.5 Å². The van der Waals surface area contributed by atoms with Gasteiger partial charge < -0.3 is 14.6 Å².